The Kier molecular flexibility index (Phi) is 6.20. The number of anilines is 1. The van der Waals surface area contributed by atoms with Gasteiger partial charge >= 0.3 is 0 Å². The number of hydrogen-bond acceptors (Lipinski definition) is 10. The number of amidine groups is 1. The summed E-state index contributed by atoms with van der Waals surface area (Å²) in [6, 6.07) is 9.26. The smallest absolute Gasteiger partial charge is 0.270 e. The van der Waals surface area contributed by atoms with Crippen molar-refractivity contribution in [3.8, 4) is 17.6 Å². The highest BCUT2D eigenvalue weighted by Gasteiger charge is 2.17. The van der Waals surface area contributed by atoms with Crippen LogP contribution in [-0.2, 0) is 19.7 Å². The number of nitrogens with one attached hydrogen (secondary N) is 1. The molecule has 3 N–H and O–H groups in total. The van der Waals surface area contributed by atoms with Crippen LogP contribution in [-0.4, -0.2) is 45.4 Å². The standard InChI is InChI=1S/C16H15N5O6S2/c1-28(24,25)12-7-3-5-10(15(12)22)18-20-14(9-17)21-19-11-6-4-8-13(16(11)23)29(2,26)27/h3-8,18,22-23H,1-2H3/b20-14+,21-19?. The van der Waals surface area contributed by atoms with Crippen molar-refractivity contribution in [1.82, 2.24) is 0 Å². The first kappa shape index (κ1) is 21.8. The molecule has 0 aromatic heterocycles. The van der Waals surface area contributed by atoms with Gasteiger partial charge in [-0.25, -0.2) is 16.8 Å². The van der Waals surface area contributed by atoms with Crippen molar-refractivity contribution >= 4 is 36.9 Å². The lowest BCUT2D eigenvalue weighted by Gasteiger charge is -2.07. The van der Waals surface area contributed by atoms with Gasteiger partial charge in [0, 0.05) is 12.5 Å². The highest BCUT2D eigenvalue weighted by Crippen LogP contribution is 2.33. The van der Waals surface area contributed by atoms with E-state index in [1.165, 1.54) is 36.4 Å². The zero-order valence-electron chi connectivity index (χ0n) is 15.1. The van der Waals surface area contributed by atoms with Gasteiger partial charge in [-0.1, -0.05) is 12.1 Å². The first-order valence-corrected chi connectivity index (χ1v) is 11.4. The molecule has 2 aromatic carbocycles. The maximum atomic E-state index is 11.6. The molecule has 0 fully saturated rings. The summed E-state index contributed by atoms with van der Waals surface area (Å²) >= 11 is 0. The molecule has 11 nitrogen and oxygen atoms in total. The molecular weight excluding hydrogens is 422 g/mol. The average Bonchev–Trinajstić information content (AvgIpc) is 2.62. The predicted molar refractivity (Wildman–Crippen MR) is 104 cm³/mol. The lowest BCUT2D eigenvalue weighted by Crippen LogP contribution is -2.01. The SMILES string of the molecule is CS(=O)(=O)c1cccc(N=N/C(C#N)=N/Nc2cccc(S(C)(=O)=O)c2O)c1O. The van der Waals surface area contributed by atoms with Gasteiger partial charge in [-0.3, -0.25) is 5.43 Å². The van der Waals surface area contributed by atoms with Gasteiger partial charge in [0.15, 0.2) is 31.2 Å². The third-order valence-electron chi connectivity index (χ3n) is 3.41. The lowest BCUT2D eigenvalue weighted by atomic mass is 10.3. The number of aromatic hydroxyl groups is 2. The van der Waals surface area contributed by atoms with Crippen molar-refractivity contribution in [1.29, 1.82) is 5.26 Å². The number of para-hydroxylation sites is 2. The van der Waals surface area contributed by atoms with Crippen LogP contribution in [0.1, 0.15) is 0 Å². The summed E-state index contributed by atoms with van der Waals surface area (Å²) in [6.45, 7) is 0. The second-order valence-electron chi connectivity index (χ2n) is 5.68. The van der Waals surface area contributed by atoms with Crippen molar-refractivity contribution in [2.75, 3.05) is 17.9 Å². The molecule has 0 atom stereocenters. The van der Waals surface area contributed by atoms with Crippen molar-refractivity contribution in [2.45, 2.75) is 9.79 Å². The summed E-state index contributed by atoms with van der Waals surface area (Å²) in [6.07, 6.45) is 1.83. The molecule has 0 saturated carbocycles. The highest BCUT2D eigenvalue weighted by atomic mass is 32.2. The molecule has 0 aliphatic rings. The number of hydrazone groups is 1. The first-order chi connectivity index (χ1) is 13.4. The van der Waals surface area contributed by atoms with Crippen LogP contribution in [0.25, 0.3) is 0 Å². The van der Waals surface area contributed by atoms with Gasteiger partial charge in [0.1, 0.15) is 21.5 Å². The number of azo groups is 1. The van der Waals surface area contributed by atoms with Crippen molar-refractivity contribution in [3.63, 3.8) is 0 Å². The Morgan fingerprint density at radius 2 is 1.52 bits per heavy atom. The summed E-state index contributed by atoms with van der Waals surface area (Å²) in [4.78, 5) is -0.689. The van der Waals surface area contributed by atoms with Gasteiger partial charge in [-0.05, 0) is 24.3 Å². The van der Waals surface area contributed by atoms with Crippen LogP contribution < -0.4 is 5.43 Å². The van der Waals surface area contributed by atoms with Crippen molar-refractivity contribution in [2.24, 2.45) is 15.3 Å². The fraction of sp³-hybridized carbons (Fsp3) is 0.125. The minimum atomic E-state index is -3.70. The van der Waals surface area contributed by atoms with Crippen LogP contribution in [0.15, 0.2) is 61.5 Å². The van der Waals surface area contributed by atoms with E-state index in [0.29, 0.717) is 0 Å². The van der Waals surface area contributed by atoms with Crippen LogP contribution >= 0.6 is 0 Å². The summed E-state index contributed by atoms with van der Waals surface area (Å²) in [5.74, 6) is -1.77. The largest absolute Gasteiger partial charge is 0.504 e. The fourth-order valence-corrected chi connectivity index (χ4v) is 3.66. The molecule has 0 saturated heterocycles. The minimum absolute atomic E-state index is 0.0993. The molecule has 2 rings (SSSR count). The maximum Gasteiger partial charge on any atom is 0.270 e. The third kappa shape index (κ3) is 5.27. The molecular formula is C16H15N5O6S2. The number of sulfone groups is 2. The maximum absolute atomic E-state index is 11.6. The molecule has 0 bridgehead atoms. The number of nitrogens with zero attached hydrogens (tertiary/aromatic N) is 4. The quantitative estimate of drug-likeness (QED) is 0.208. The minimum Gasteiger partial charge on any atom is -0.504 e. The van der Waals surface area contributed by atoms with Crippen LogP contribution in [0.4, 0.5) is 11.4 Å². The molecule has 0 amide bonds. The number of rotatable bonds is 5. The monoisotopic (exact) mass is 437 g/mol. The molecule has 13 heteroatoms. The fourth-order valence-electron chi connectivity index (χ4n) is 2.09. The Morgan fingerprint density at radius 1 is 0.966 bits per heavy atom. The number of hydrogen-bond donors (Lipinski definition) is 3. The second-order valence-corrected chi connectivity index (χ2v) is 9.65. The average molecular weight is 437 g/mol. The lowest BCUT2D eigenvalue weighted by molar-refractivity contribution is 0.460. The van der Waals surface area contributed by atoms with Gasteiger partial charge in [-0.2, -0.15) is 5.26 Å². The summed E-state index contributed by atoms with van der Waals surface area (Å²) in [5.41, 5.74) is 1.99. The Morgan fingerprint density at radius 3 is 2.07 bits per heavy atom. The Bertz CT molecular complexity index is 1260. The van der Waals surface area contributed by atoms with Crippen LogP contribution in [0.5, 0.6) is 11.5 Å². The Labute approximate surface area is 166 Å². The van der Waals surface area contributed by atoms with E-state index in [4.69, 9.17) is 5.26 Å². The van der Waals surface area contributed by atoms with E-state index in [0.717, 1.165) is 12.5 Å². The van der Waals surface area contributed by atoms with E-state index in [-0.39, 0.29) is 21.2 Å². The summed E-state index contributed by atoms with van der Waals surface area (Å²) in [5, 5.41) is 39.8. The van der Waals surface area contributed by atoms with Gasteiger partial charge in [0.2, 0.25) is 0 Å². The van der Waals surface area contributed by atoms with Gasteiger partial charge in [0.25, 0.3) is 5.84 Å². The third-order valence-corrected chi connectivity index (χ3v) is 5.67. The van der Waals surface area contributed by atoms with Crippen molar-refractivity contribution in [3.05, 3.63) is 36.4 Å². The van der Waals surface area contributed by atoms with Gasteiger partial charge in [0.05, 0.1) is 5.69 Å². The predicted octanol–water partition coefficient (Wildman–Crippen LogP) is 1.94. The number of benzene rings is 2. The van der Waals surface area contributed by atoms with Gasteiger partial charge in [-0.15, -0.1) is 15.3 Å². The molecule has 0 radical (unpaired) electrons. The van der Waals surface area contributed by atoms with E-state index in [9.17, 15) is 27.0 Å². The molecule has 152 valence electrons. The van der Waals surface area contributed by atoms with Gasteiger partial charge < -0.3 is 10.2 Å². The molecule has 29 heavy (non-hydrogen) atoms. The molecule has 0 aliphatic carbocycles. The number of nitriles is 1. The van der Waals surface area contributed by atoms with Crippen molar-refractivity contribution < 1.29 is 27.0 Å². The van der Waals surface area contributed by atoms with E-state index >= 15 is 0 Å². The Hall–Kier alpha value is -3.50. The molecule has 0 spiro atoms. The van der Waals surface area contributed by atoms with E-state index in [1.807, 2.05) is 0 Å². The number of phenols is 2. The molecule has 0 unspecified atom stereocenters. The van der Waals surface area contributed by atoms with Crippen LogP contribution in [0.2, 0.25) is 0 Å². The number of phenolic OH excluding ortho intramolecular Hbond substituents is 2. The van der Waals surface area contributed by atoms with E-state index in [2.05, 4.69) is 20.8 Å². The zero-order chi connectivity index (χ0) is 21.8. The highest BCUT2D eigenvalue weighted by molar-refractivity contribution is 7.91. The molecule has 0 aliphatic heterocycles. The normalized spacial score (nSPS) is 12.7. The van der Waals surface area contributed by atoms with E-state index < -0.39 is 37.0 Å². The summed E-state index contributed by atoms with van der Waals surface area (Å²) < 4.78 is 46.4. The molecule has 0 heterocycles. The second kappa shape index (κ2) is 8.25. The molecule has 2 aromatic rings. The van der Waals surface area contributed by atoms with Crippen LogP contribution in [0, 0.1) is 11.3 Å². The van der Waals surface area contributed by atoms with Crippen LogP contribution in [0.3, 0.4) is 0 Å². The summed E-state index contributed by atoms with van der Waals surface area (Å²) in [7, 11) is -7.39. The zero-order valence-corrected chi connectivity index (χ0v) is 16.7. The topological polar surface area (TPSA) is 182 Å². The Balaban J connectivity index is 2.33. The first-order valence-electron chi connectivity index (χ1n) is 7.64. The van der Waals surface area contributed by atoms with E-state index in [1.54, 1.807) is 6.07 Å².